The van der Waals surface area contributed by atoms with Crippen LogP contribution in [0.1, 0.15) is 17.5 Å². The molecule has 0 spiro atoms. The Morgan fingerprint density at radius 2 is 1.09 bits per heavy atom. The summed E-state index contributed by atoms with van der Waals surface area (Å²) >= 11 is 0. The summed E-state index contributed by atoms with van der Waals surface area (Å²) in [4.78, 5) is 15.2. The fourth-order valence-electron chi connectivity index (χ4n) is 6.61. The highest BCUT2D eigenvalue weighted by molar-refractivity contribution is 6.12. The van der Waals surface area contributed by atoms with Crippen LogP contribution in [0.2, 0.25) is 0 Å². The highest BCUT2D eigenvalue weighted by Gasteiger charge is 2.17. The number of benzene rings is 6. The predicted octanol–water partition coefficient (Wildman–Crippen LogP) is 11.1. The molecule has 0 atom stereocenters. The van der Waals surface area contributed by atoms with Crippen LogP contribution in [0.3, 0.4) is 0 Å². The topological polar surface area (TPSA) is 51.8 Å². The molecule has 0 bridgehead atoms. The molecule has 0 unspecified atom stereocenters. The van der Waals surface area contributed by atoms with Gasteiger partial charge in [-0.05, 0) is 70.5 Å². The van der Waals surface area contributed by atoms with Gasteiger partial charge in [0.05, 0.1) is 0 Å². The van der Waals surface area contributed by atoms with Crippen molar-refractivity contribution < 1.29 is 4.42 Å². The van der Waals surface area contributed by atoms with Gasteiger partial charge in [0.1, 0.15) is 11.2 Å². The number of hydrogen-bond acceptors (Lipinski definition) is 4. The molecule has 4 nitrogen and oxygen atoms in total. The van der Waals surface area contributed by atoms with Crippen LogP contribution < -0.4 is 0 Å². The molecule has 0 aliphatic heterocycles. The van der Waals surface area contributed by atoms with Crippen LogP contribution >= 0.6 is 0 Å². The Kier molecular flexibility index (Phi) is 6.57. The minimum absolute atomic E-state index is 0.636. The van der Waals surface area contributed by atoms with E-state index in [0.29, 0.717) is 17.5 Å². The van der Waals surface area contributed by atoms with Crippen molar-refractivity contribution in [3.05, 3.63) is 157 Å². The molecule has 1 aliphatic rings. The van der Waals surface area contributed by atoms with Gasteiger partial charge in [-0.1, -0.05) is 127 Å². The Balaban J connectivity index is 1.19. The Morgan fingerprint density at radius 1 is 0.468 bits per heavy atom. The van der Waals surface area contributed by atoms with E-state index in [-0.39, 0.29) is 0 Å². The first kappa shape index (κ1) is 27.2. The number of rotatable bonds is 5. The van der Waals surface area contributed by atoms with Gasteiger partial charge in [0, 0.05) is 27.5 Å². The fraction of sp³-hybridized carbons (Fsp3) is 0.0465. The third kappa shape index (κ3) is 5.01. The molecule has 0 saturated carbocycles. The highest BCUT2D eigenvalue weighted by Crippen LogP contribution is 2.38. The Labute approximate surface area is 272 Å². The summed E-state index contributed by atoms with van der Waals surface area (Å²) in [6, 6.07) is 48.3. The second kappa shape index (κ2) is 11.3. The number of allylic oxidation sites excluding steroid dienone is 1. The molecule has 222 valence electrons. The van der Waals surface area contributed by atoms with Gasteiger partial charge in [0.25, 0.3) is 0 Å². The van der Waals surface area contributed by atoms with E-state index in [9.17, 15) is 0 Å². The first-order valence-electron chi connectivity index (χ1n) is 16.0. The highest BCUT2D eigenvalue weighted by atomic mass is 16.3. The molecule has 0 saturated heterocycles. The summed E-state index contributed by atoms with van der Waals surface area (Å²) in [7, 11) is 0. The molecule has 0 amide bonds. The van der Waals surface area contributed by atoms with Crippen LogP contribution in [0.15, 0.2) is 150 Å². The van der Waals surface area contributed by atoms with Gasteiger partial charge in [0.2, 0.25) is 0 Å². The molecule has 0 N–H and O–H groups in total. The molecular weight excluding hydrogens is 574 g/mol. The van der Waals surface area contributed by atoms with E-state index in [4.69, 9.17) is 19.4 Å². The number of nitrogens with zero attached hydrogens (tertiary/aromatic N) is 3. The van der Waals surface area contributed by atoms with Crippen molar-refractivity contribution in [3.63, 3.8) is 0 Å². The van der Waals surface area contributed by atoms with Crippen molar-refractivity contribution in [1.82, 2.24) is 15.0 Å². The number of para-hydroxylation sites is 1. The molecule has 9 rings (SSSR count). The number of aryl methyl sites for hydroxylation is 1. The molecule has 0 fully saturated rings. The second-order valence-corrected chi connectivity index (χ2v) is 12.0. The van der Waals surface area contributed by atoms with E-state index in [2.05, 4.69) is 127 Å². The minimum atomic E-state index is 0.636. The lowest BCUT2D eigenvalue weighted by Gasteiger charge is -2.13. The van der Waals surface area contributed by atoms with Crippen molar-refractivity contribution in [3.8, 4) is 56.4 Å². The van der Waals surface area contributed by atoms with Crippen molar-refractivity contribution in [1.29, 1.82) is 0 Å². The van der Waals surface area contributed by atoms with E-state index >= 15 is 0 Å². The molecule has 4 heteroatoms. The number of hydrogen-bond donors (Lipinski definition) is 0. The summed E-state index contributed by atoms with van der Waals surface area (Å²) < 4.78 is 6.20. The molecular formula is C43H29N3O. The van der Waals surface area contributed by atoms with Crippen LogP contribution in [0, 0.1) is 0 Å². The minimum Gasteiger partial charge on any atom is -0.456 e. The first-order chi connectivity index (χ1) is 23.3. The quantitative estimate of drug-likeness (QED) is 0.196. The van der Waals surface area contributed by atoms with Gasteiger partial charge in [0.15, 0.2) is 17.5 Å². The van der Waals surface area contributed by atoms with E-state index in [1.54, 1.807) is 0 Å². The lowest BCUT2D eigenvalue weighted by Crippen LogP contribution is -2.01. The average Bonchev–Trinajstić information content (AvgIpc) is 3.54. The van der Waals surface area contributed by atoms with Gasteiger partial charge in [-0.15, -0.1) is 0 Å². The summed E-state index contributed by atoms with van der Waals surface area (Å²) in [6.45, 7) is 0. The van der Waals surface area contributed by atoms with Crippen LogP contribution in [-0.4, -0.2) is 15.0 Å². The Bertz CT molecular complexity index is 2460. The van der Waals surface area contributed by atoms with Crippen LogP contribution in [0.4, 0.5) is 0 Å². The number of fused-ring (bicyclic) bond motifs is 4. The third-order valence-electron chi connectivity index (χ3n) is 9.00. The summed E-state index contributed by atoms with van der Waals surface area (Å²) in [5.41, 5.74) is 11.7. The maximum absolute atomic E-state index is 6.20. The van der Waals surface area contributed by atoms with Crippen LogP contribution in [0.5, 0.6) is 0 Å². The third-order valence-corrected chi connectivity index (χ3v) is 9.00. The van der Waals surface area contributed by atoms with Gasteiger partial charge >= 0.3 is 0 Å². The smallest absolute Gasteiger partial charge is 0.164 e. The maximum atomic E-state index is 6.20. The molecule has 2 aromatic heterocycles. The van der Waals surface area contributed by atoms with E-state index < -0.39 is 0 Å². The van der Waals surface area contributed by atoms with Gasteiger partial charge in [-0.2, -0.15) is 0 Å². The Hall–Kier alpha value is -6.13. The number of aromatic nitrogens is 3. The van der Waals surface area contributed by atoms with E-state index in [1.807, 2.05) is 24.3 Å². The molecule has 47 heavy (non-hydrogen) atoms. The second-order valence-electron chi connectivity index (χ2n) is 12.0. The van der Waals surface area contributed by atoms with E-state index in [0.717, 1.165) is 68.2 Å². The standard InChI is InChI=1S/C43H29N3O/c1-2-10-28(11-3-1)30-20-23-31(24-21-30)41-44-42(46-43(45-41)35-25-22-29-12-4-5-13-32(29)26-35)34-15-8-14-33(27-34)36-17-9-19-39-40(36)37-16-6-7-18-38(37)47-39/h1-3,5-11,13-27H,4,12H2. The zero-order valence-electron chi connectivity index (χ0n) is 25.6. The molecule has 6 aromatic carbocycles. The molecule has 8 aromatic rings. The van der Waals surface area contributed by atoms with E-state index in [1.165, 1.54) is 16.7 Å². The lowest BCUT2D eigenvalue weighted by atomic mass is 9.95. The zero-order valence-corrected chi connectivity index (χ0v) is 25.6. The summed E-state index contributed by atoms with van der Waals surface area (Å²) in [5.74, 6) is 1.94. The van der Waals surface area contributed by atoms with Gasteiger partial charge in [-0.25, -0.2) is 15.0 Å². The molecule has 0 radical (unpaired) electrons. The van der Waals surface area contributed by atoms with Crippen molar-refractivity contribution in [2.24, 2.45) is 0 Å². The first-order valence-corrected chi connectivity index (χ1v) is 16.0. The SMILES string of the molecule is C1=Cc2cc(-c3nc(-c4ccc(-c5ccccc5)cc4)nc(-c4cccc(-c5cccc6oc7ccccc7c56)c4)n3)ccc2CC1. The van der Waals surface area contributed by atoms with Crippen molar-refractivity contribution >= 4 is 28.0 Å². The van der Waals surface area contributed by atoms with Gasteiger partial charge in [-0.3, -0.25) is 0 Å². The largest absolute Gasteiger partial charge is 0.456 e. The zero-order chi connectivity index (χ0) is 31.2. The summed E-state index contributed by atoms with van der Waals surface area (Å²) in [6.07, 6.45) is 6.57. The van der Waals surface area contributed by atoms with Gasteiger partial charge < -0.3 is 4.42 Å². The van der Waals surface area contributed by atoms with Crippen LogP contribution in [-0.2, 0) is 6.42 Å². The fourth-order valence-corrected chi connectivity index (χ4v) is 6.61. The van der Waals surface area contributed by atoms with Crippen molar-refractivity contribution in [2.75, 3.05) is 0 Å². The Morgan fingerprint density at radius 3 is 1.94 bits per heavy atom. The molecule has 2 heterocycles. The predicted molar refractivity (Wildman–Crippen MR) is 192 cm³/mol. The van der Waals surface area contributed by atoms with Crippen LogP contribution in [0.25, 0.3) is 84.4 Å². The lowest BCUT2D eigenvalue weighted by molar-refractivity contribution is 0.669. The van der Waals surface area contributed by atoms with Crippen molar-refractivity contribution in [2.45, 2.75) is 12.8 Å². The summed E-state index contributed by atoms with van der Waals surface area (Å²) in [5, 5.41) is 2.21. The normalized spacial score (nSPS) is 12.4. The number of furan rings is 1. The monoisotopic (exact) mass is 603 g/mol. The molecule has 1 aliphatic carbocycles. The average molecular weight is 604 g/mol. The maximum Gasteiger partial charge on any atom is 0.164 e.